The number of nitrogens with one attached hydrogen (secondary N) is 1. The maximum absolute atomic E-state index is 13.4. The fourth-order valence-corrected chi connectivity index (χ4v) is 4.96. The molecule has 192 valence electrons. The van der Waals surface area contributed by atoms with E-state index in [1.807, 2.05) is 45.0 Å². The molecule has 35 heavy (non-hydrogen) atoms. The summed E-state index contributed by atoms with van der Waals surface area (Å²) in [6.07, 6.45) is 2.85. The Balaban J connectivity index is 2.20. The molecule has 0 unspecified atom stereocenters. The monoisotopic (exact) mass is 521 g/mol. The largest absolute Gasteiger partial charge is 0.354 e. The second kappa shape index (κ2) is 13.5. The average Bonchev–Trinajstić information content (AvgIpc) is 2.81. The lowest BCUT2D eigenvalue weighted by Gasteiger charge is -2.31. The number of anilines is 1. The minimum atomic E-state index is -3.55. The zero-order chi connectivity index (χ0) is 26.0. The van der Waals surface area contributed by atoms with Gasteiger partial charge in [0.25, 0.3) is 0 Å². The fourth-order valence-electron chi connectivity index (χ4n) is 3.87. The molecule has 0 aliphatic heterocycles. The van der Waals surface area contributed by atoms with Crippen LogP contribution in [0.3, 0.4) is 0 Å². The highest BCUT2D eigenvalue weighted by atomic mass is 35.5. The van der Waals surface area contributed by atoms with Gasteiger partial charge in [0.15, 0.2) is 0 Å². The van der Waals surface area contributed by atoms with Crippen LogP contribution in [-0.2, 0) is 26.2 Å². The van der Waals surface area contributed by atoms with Crippen LogP contribution in [0.25, 0.3) is 0 Å². The van der Waals surface area contributed by atoms with Crippen LogP contribution in [0.1, 0.15) is 50.7 Å². The quantitative estimate of drug-likeness (QED) is 0.419. The predicted molar refractivity (Wildman–Crippen MR) is 142 cm³/mol. The van der Waals surface area contributed by atoms with Crippen LogP contribution >= 0.6 is 11.6 Å². The van der Waals surface area contributed by atoms with Gasteiger partial charge >= 0.3 is 0 Å². The molecule has 0 heterocycles. The Bertz CT molecular complexity index is 1090. The van der Waals surface area contributed by atoms with Crippen molar-refractivity contribution in [3.63, 3.8) is 0 Å². The highest BCUT2D eigenvalue weighted by Gasteiger charge is 2.29. The molecular weight excluding hydrogens is 486 g/mol. The third-order valence-corrected chi connectivity index (χ3v) is 7.25. The number of carbonyl (C=O) groups excluding carboxylic acids is 2. The second-order valence-electron chi connectivity index (χ2n) is 8.58. The molecular formula is C26H36ClN3O4S. The van der Waals surface area contributed by atoms with Crippen LogP contribution < -0.4 is 9.62 Å². The van der Waals surface area contributed by atoms with E-state index >= 15 is 0 Å². The minimum absolute atomic E-state index is 0.114. The molecule has 0 aliphatic carbocycles. The van der Waals surface area contributed by atoms with E-state index in [0.717, 1.165) is 23.8 Å². The van der Waals surface area contributed by atoms with Gasteiger partial charge in [-0.1, -0.05) is 49.7 Å². The summed E-state index contributed by atoms with van der Waals surface area (Å²) in [6, 6.07) is 13.7. The van der Waals surface area contributed by atoms with Crippen molar-refractivity contribution in [2.45, 2.75) is 59.0 Å². The summed E-state index contributed by atoms with van der Waals surface area (Å²) in [5, 5.41) is 3.42. The summed E-state index contributed by atoms with van der Waals surface area (Å²) in [6.45, 7) is 6.85. The zero-order valence-corrected chi connectivity index (χ0v) is 22.5. The fraction of sp³-hybridized carbons (Fsp3) is 0.462. The van der Waals surface area contributed by atoms with Gasteiger partial charge < -0.3 is 10.2 Å². The van der Waals surface area contributed by atoms with Gasteiger partial charge in [0.1, 0.15) is 6.04 Å². The molecule has 0 aliphatic rings. The Morgan fingerprint density at radius 2 is 1.71 bits per heavy atom. The summed E-state index contributed by atoms with van der Waals surface area (Å²) in [5.74, 6) is -0.355. The third-order valence-electron chi connectivity index (χ3n) is 5.80. The number of nitrogens with zero attached hydrogens (tertiary/aromatic N) is 2. The van der Waals surface area contributed by atoms with Crippen LogP contribution in [0, 0.1) is 6.92 Å². The Morgan fingerprint density at radius 3 is 2.29 bits per heavy atom. The Hall–Kier alpha value is -2.58. The zero-order valence-electron chi connectivity index (χ0n) is 21.0. The van der Waals surface area contributed by atoms with Crippen molar-refractivity contribution in [2.75, 3.05) is 23.7 Å². The van der Waals surface area contributed by atoms with Gasteiger partial charge in [0, 0.05) is 31.1 Å². The third kappa shape index (κ3) is 8.54. The molecule has 7 nitrogen and oxygen atoms in total. The lowest BCUT2D eigenvalue weighted by molar-refractivity contribution is -0.141. The van der Waals surface area contributed by atoms with E-state index in [4.69, 9.17) is 11.6 Å². The molecule has 9 heteroatoms. The number of rotatable bonds is 13. The molecule has 2 aromatic rings. The number of amides is 2. The first-order valence-corrected chi connectivity index (χ1v) is 14.2. The molecule has 2 aromatic carbocycles. The van der Waals surface area contributed by atoms with E-state index < -0.39 is 16.1 Å². The van der Waals surface area contributed by atoms with Crippen LogP contribution in [-0.4, -0.2) is 50.5 Å². The first kappa shape index (κ1) is 28.7. The molecule has 2 rings (SSSR count). The molecule has 0 saturated heterocycles. The highest BCUT2D eigenvalue weighted by Crippen LogP contribution is 2.22. The van der Waals surface area contributed by atoms with Crippen LogP contribution in [0.2, 0.25) is 5.02 Å². The standard InChI is InChI=1S/C26H36ClN3O4S/c1-5-17-28-26(32)24(6-2)29(19-21-11-8-7-10-20(21)3)25(31)12-9-18-30(35(4,33)34)23-15-13-22(27)14-16-23/h7-8,10-11,13-16,24H,5-6,9,12,17-19H2,1-4H3,(H,28,32)/t24-/m0/s1. The van der Waals surface area contributed by atoms with Gasteiger partial charge in [0.2, 0.25) is 21.8 Å². The number of halogens is 1. The topological polar surface area (TPSA) is 86.8 Å². The van der Waals surface area contributed by atoms with Crippen LogP contribution in [0.5, 0.6) is 0 Å². The molecule has 0 radical (unpaired) electrons. The maximum atomic E-state index is 13.4. The lowest BCUT2D eigenvalue weighted by atomic mass is 10.1. The van der Waals surface area contributed by atoms with Crippen molar-refractivity contribution in [1.29, 1.82) is 0 Å². The summed E-state index contributed by atoms with van der Waals surface area (Å²) in [7, 11) is -3.55. The van der Waals surface area contributed by atoms with Gasteiger partial charge in [-0.3, -0.25) is 13.9 Å². The number of carbonyl (C=O) groups is 2. The number of hydrogen-bond donors (Lipinski definition) is 1. The molecule has 0 aromatic heterocycles. The van der Waals surface area contributed by atoms with E-state index in [2.05, 4.69) is 5.32 Å². The Labute approximate surface area is 214 Å². The number of sulfonamides is 1. The van der Waals surface area contributed by atoms with Crippen molar-refractivity contribution in [1.82, 2.24) is 10.2 Å². The van der Waals surface area contributed by atoms with E-state index in [1.54, 1.807) is 29.2 Å². The second-order valence-corrected chi connectivity index (χ2v) is 10.9. The smallest absolute Gasteiger partial charge is 0.242 e. The highest BCUT2D eigenvalue weighted by molar-refractivity contribution is 7.92. The Morgan fingerprint density at radius 1 is 1.06 bits per heavy atom. The van der Waals surface area contributed by atoms with Crippen molar-refractivity contribution in [2.24, 2.45) is 0 Å². The van der Waals surface area contributed by atoms with Crippen molar-refractivity contribution in [3.8, 4) is 0 Å². The first-order valence-electron chi connectivity index (χ1n) is 11.9. The van der Waals surface area contributed by atoms with E-state index in [1.165, 1.54) is 4.31 Å². The lowest BCUT2D eigenvalue weighted by Crippen LogP contribution is -2.49. The van der Waals surface area contributed by atoms with Crippen LogP contribution in [0.15, 0.2) is 48.5 Å². The van der Waals surface area contributed by atoms with Gasteiger partial charge in [-0.05, 0) is 61.6 Å². The minimum Gasteiger partial charge on any atom is -0.354 e. The summed E-state index contributed by atoms with van der Waals surface area (Å²) in [5.41, 5.74) is 2.51. The van der Waals surface area contributed by atoms with Crippen molar-refractivity contribution in [3.05, 3.63) is 64.7 Å². The molecule has 0 fully saturated rings. The Kier molecular flexibility index (Phi) is 11.0. The average molecular weight is 522 g/mol. The van der Waals surface area contributed by atoms with Gasteiger partial charge in [-0.15, -0.1) is 0 Å². The normalized spacial score (nSPS) is 12.1. The van der Waals surface area contributed by atoms with Gasteiger partial charge in [-0.25, -0.2) is 8.42 Å². The van der Waals surface area contributed by atoms with E-state index in [-0.39, 0.29) is 24.8 Å². The number of aryl methyl sites for hydroxylation is 1. The molecule has 0 spiro atoms. The molecule has 2 amide bonds. The number of hydrogen-bond acceptors (Lipinski definition) is 4. The molecule has 1 atom stereocenters. The number of benzene rings is 2. The molecule has 0 bridgehead atoms. The summed E-state index contributed by atoms with van der Waals surface area (Å²) in [4.78, 5) is 27.9. The molecule has 1 N–H and O–H groups in total. The molecule has 0 saturated carbocycles. The predicted octanol–water partition coefficient (Wildman–Crippen LogP) is 4.53. The first-order chi connectivity index (χ1) is 16.6. The van der Waals surface area contributed by atoms with Crippen molar-refractivity contribution < 1.29 is 18.0 Å². The summed E-state index contributed by atoms with van der Waals surface area (Å²) >= 11 is 5.94. The van der Waals surface area contributed by atoms with Crippen molar-refractivity contribution >= 4 is 39.1 Å². The van der Waals surface area contributed by atoms with Gasteiger partial charge in [-0.2, -0.15) is 0 Å². The van der Waals surface area contributed by atoms with E-state index in [9.17, 15) is 18.0 Å². The SMILES string of the molecule is CCCNC(=O)[C@H](CC)N(Cc1ccccc1C)C(=O)CCCN(c1ccc(Cl)cc1)S(C)(=O)=O. The van der Waals surface area contributed by atoms with Gasteiger partial charge in [0.05, 0.1) is 11.9 Å². The summed E-state index contributed by atoms with van der Waals surface area (Å²) < 4.78 is 26.1. The van der Waals surface area contributed by atoms with E-state index in [0.29, 0.717) is 36.6 Å². The van der Waals surface area contributed by atoms with Crippen LogP contribution in [0.4, 0.5) is 5.69 Å². The maximum Gasteiger partial charge on any atom is 0.242 e.